The summed E-state index contributed by atoms with van der Waals surface area (Å²) in [5.41, 5.74) is 4.19. The second-order valence-corrected chi connectivity index (χ2v) is 8.57. The zero-order valence-electron chi connectivity index (χ0n) is 17.5. The van der Waals surface area contributed by atoms with Crippen LogP contribution in [0.1, 0.15) is 29.7 Å². The van der Waals surface area contributed by atoms with E-state index in [1.807, 2.05) is 57.2 Å². The van der Waals surface area contributed by atoms with Crippen LogP contribution in [0.4, 0.5) is 0 Å². The van der Waals surface area contributed by atoms with Crippen LogP contribution in [0.5, 0.6) is 0 Å². The zero-order chi connectivity index (χ0) is 22.1. The summed E-state index contributed by atoms with van der Waals surface area (Å²) < 4.78 is 3.93. The van der Waals surface area contributed by atoms with E-state index < -0.39 is 0 Å². The topological polar surface area (TPSA) is 81.8 Å². The molecule has 4 aromatic rings. The lowest BCUT2D eigenvalue weighted by Gasteiger charge is -2.15. The van der Waals surface area contributed by atoms with Gasteiger partial charge in [0.05, 0.1) is 17.9 Å². The summed E-state index contributed by atoms with van der Waals surface area (Å²) in [5.74, 6) is -0.264. The van der Waals surface area contributed by atoms with E-state index in [1.165, 1.54) is 17.1 Å². The van der Waals surface area contributed by atoms with Crippen molar-refractivity contribution < 1.29 is 4.79 Å². The molecule has 0 spiro atoms. The van der Waals surface area contributed by atoms with Gasteiger partial charge in [0.2, 0.25) is 5.91 Å². The Hall–Kier alpha value is -3.26. The van der Waals surface area contributed by atoms with Crippen LogP contribution in [0.2, 0.25) is 0 Å². The Kier molecular flexibility index (Phi) is 5.73. The highest BCUT2D eigenvalue weighted by Crippen LogP contribution is 2.18. The summed E-state index contributed by atoms with van der Waals surface area (Å²) >= 11 is 3.40. The van der Waals surface area contributed by atoms with Crippen LogP contribution < -0.4 is 10.9 Å². The van der Waals surface area contributed by atoms with Gasteiger partial charge in [0, 0.05) is 4.47 Å². The Bertz CT molecular complexity index is 1300. The fourth-order valence-corrected chi connectivity index (χ4v) is 3.86. The van der Waals surface area contributed by atoms with E-state index >= 15 is 0 Å². The van der Waals surface area contributed by atoms with Crippen molar-refractivity contribution in [2.75, 3.05) is 0 Å². The SMILES string of the molecule is Cc1cc(C)cc(-n2ncc3c(=O)n(CC(=O)NC(C)c4ccc(Br)cc4)cnc32)c1. The molecule has 0 aliphatic rings. The monoisotopic (exact) mass is 479 g/mol. The predicted octanol–water partition coefficient (Wildman–Crippen LogP) is 3.84. The van der Waals surface area contributed by atoms with Gasteiger partial charge in [0.1, 0.15) is 18.3 Å². The average molecular weight is 480 g/mol. The average Bonchev–Trinajstić information content (AvgIpc) is 3.15. The molecule has 2 heterocycles. The maximum absolute atomic E-state index is 12.9. The number of carbonyl (C=O) groups excluding carboxylic acids is 1. The molecule has 2 aromatic carbocycles. The number of aromatic nitrogens is 4. The van der Waals surface area contributed by atoms with Gasteiger partial charge in [-0.3, -0.25) is 14.2 Å². The van der Waals surface area contributed by atoms with Gasteiger partial charge in [-0.2, -0.15) is 5.10 Å². The molecule has 1 N–H and O–H groups in total. The molecule has 0 saturated carbocycles. The Morgan fingerprint density at radius 1 is 1.13 bits per heavy atom. The lowest BCUT2D eigenvalue weighted by atomic mass is 10.1. The molecule has 2 aromatic heterocycles. The first-order valence-corrected chi connectivity index (χ1v) is 10.7. The minimum Gasteiger partial charge on any atom is -0.348 e. The number of aryl methyl sites for hydroxylation is 2. The Balaban J connectivity index is 1.56. The summed E-state index contributed by atoms with van der Waals surface area (Å²) in [4.78, 5) is 29.9. The first kappa shape index (κ1) is 21.0. The van der Waals surface area contributed by atoms with Crippen molar-refractivity contribution in [3.8, 4) is 5.69 Å². The fourth-order valence-electron chi connectivity index (χ4n) is 3.60. The summed E-state index contributed by atoms with van der Waals surface area (Å²) in [7, 11) is 0. The lowest BCUT2D eigenvalue weighted by molar-refractivity contribution is -0.122. The highest BCUT2D eigenvalue weighted by Gasteiger charge is 2.15. The molecule has 0 radical (unpaired) electrons. The van der Waals surface area contributed by atoms with E-state index in [9.17, 15) is 9.59 Å². The van der Waals surface area contributed by atoms with Crippen molar-refractivity contribution in [1.29, 1.82) is 0 Å². The summed E-state index contributed by atoms with van der Waals surface area (Å²) in [6, 6.07) is 13.6. The maximum Gasteiger partial charge on any atom is 0.264 e. The van der Waals surface area contributed by atoms with Crippen LogP contribution >= 0.6 is 15.9 Å². The largest absolute Gasteiger partial charge is 0.348 e. The van der Waals surface area contributed by atoms with Crippen molar-refractivity contribution >= 4 is 32.9 Å². The molecule has 8 heteroatoms. The van der Waals surface area contributed by atoms with E-state index in [-0.39, 0.29) is 24.1 Å². The van der Waals surface area contributed by atoms with Crippen LogP contribution in [-0.2, 0) is 11.3 Å². The van der Waals surface area contributed by atoms with Gasteiger partial charge in [-0.1, -0.05) is 34.1 Å². The molecule has 1 atom stereocenters. The van der Waals surface area contributed by atoms with Gasteiger partial charge in [-0.15, -0.1) is 0 Å². The van der Waals surface area contributed by atoms with Gasteiger partial charge in [0.25, 0.3) is 5.56 Å². The molecule has 4 rings (SSSR count). The first-order chi connectivity index (χ1) is 14.8. The number of hydrogen-bond acceptors (Lipinski definition) is 4. The normalized spacial score (nSPS) is 12.1. The number of nitrogens with one attached hydrogen (secondary N) is 1. The third-order valence-corrected chi connectivity index (χ3v) is 5.60. The molecule has 1 amide bonds. The molecule has 0 bridgehead atoms. The van der Waals surface area contributed by atoms with Crippen molar-refractivity contribution in [2.45, 2.75) is 33.4 Å². The van der Waals surface area contributed by atoms with E-state index in [0.717, 1.165) is 26.9 Å². The van der Waals surface area contributed by atoms with Gasteiger partial charge in [0.15, 0.2) is 5.65 Å². The Morgan fingerprint density at radius 3 is 2.48 bits per heavy atom. The third-order valence-electron chi connectivity index (χ3n) is 5.07. The number of fused-ring (bicyclic) bond motifs is 1. The number of carbonyl (C=O) groups is 1. The second-order valence-electron chi connectivity index (χ2n) is 7.66. The smallest absolute Gasteiger partial charge is 0.264 e. The number of hydrogen-bond donors (Lipinski definition) is 1. The molecule has 0 saturated heterocycles. The number of benzene rings is 2. The zero-order valence-corrected chi connectivity index (χ0v) is 19.0. The molecular weight excluding hydrogens is 458 g/mol. The molecule has 0 fully saturated rings. The van der Waals surface area contributed by atoms with Gasteiger partial charge < -0.3 is 5.32 Å². The number of rotatable bonds is 5. The van der Waals surface area contributed by atoms with Crippen molar-refractivity contribution in [1.82, 2.24) is 24.6 Å². The molecule has 7 nitrogen and oxygen atoms in total. The van der Waals surface area contributed by atoms with Gasteiger partial charge in [-0.25, -0.2) is 9.67 Å². The van der Waals surface area contributed by atoms with Crippen LogP contribution in [0.3, 0.4) is 0 Å². The quantitative estimate of drug-likeness (QED) is 0.471. The molecular formula is C23H22BrN5O2. The first-order valence-electron chi connectivity index (χ1n) is 9.88. The number of nitrogens with zero attached hydrogens (tertiary/aromatic N) is 4. The summed E-state index contributed by atoms with van der Waals surface area (Å²) in [5, 5.41) is 7.65. The van der Waals surface area contributed by atoms with Gasteiger partial charge >= 0.3 is 0 Å². The highest BCUT2D eigenvalue weighted by atomic mass is 79.9. The molecule has 1 unspecified atom stereocenters. The number of amides is 1. The maximum atomic E-state index is 12.9. The van der Waals surface area contributed by atoms with Crippen LogP contribution in [-0.4, -0.2) is 25.2 Å². The second kappa shape index (κ2) is 8.47. The Morgan fingerprint density at radius 2 is 1.81 bits per heavy atom. The Labute approximate surface area is 187 Å². The van der Waals surface area contributed by atoms with E-state index in [2.05, 4.69) is 37.4 Å². The molecule has 158 valence electrons. The van der Waals surface area contributed by atoms with Crippen molar-refractivity contribution in [3.63, 3.8) is 0 Å². The minimum absolute atomic E-state index is 0.114. The lowest BCUT2D eigenvalue weighted by Crippen LogP contribution is -2.33. The van der Waals surface area contributed by atoms with Crippen LogP contribution in [0.15, 0.2) is 64.3 Å². The van der Waals surface area contributed by atoms with E-state index in [1.54, 1.807) is 4.68 Å². The van der Waals surface area contributed by atoms with E-state index in [0.29, 0.717) is 11.0 Å². The van der Waals surface area contributed by atoms with Crippen molar-refractivity contribution in [3.05, 3.63) is 86.5 Å². The van der Waals surface area contributed by atoms with E-state index in [4.69, 9.17) is 0 Å². The third kappa shape index (κ3) is 4.44. The standard InChI is InChI=1S/C23H22BrN5O2/c1-14-8-15(2)10-19(9-14)29-22-20(11-26-29)23(31)28(13-25-22)12-21(30)27-16(3)17-4-6-18(24)7-5-17/h4-11,13,16H,12H2,1-3H3,(H,27,30). The predicted molar refractivity (Wildman–Crippen MR) is 123 cm³/mol. The van der Waals surface area contributed by atoms with Crippen LogP contribution in [0.25, 0.3) is 16.7 Å². The molecule has 0 aliphatic carbocycles. The highest BCUT2D eigenvalue weighted by molar-refractivity contribution is 9.10. The number of halogens is 1. The van der Waals surface area contributed by atoms with Crippen LogP contribution in [0, 0.1) is 13.8 Å². The van der Waals surface area contributed by atoms with Gasteiger partial charge in [-0.05, 0) is 61.7 Å². The summed E-state index contributed by atoms with van der Waals surface area (Å²) in [6.45, 7) is 5.81. The summed E-state index contributed by atoms with van der Waals surface area (Å²) in [6.07, 6.45) is 2.90. The fraction of sp³-hybridized carbons (Fsp3) is 0.217. The van der Waals surface area contributed by atoms with Crippen molar-refractivity contribution in [2.24, 2.45) is 0 Å². The molecule has 31 heavy (non-hydrogen) atoms. The molecule has 0 aliphatic heterocycles. The minimum atomic E-state index is -0.299.